The van der Waals surface area contributed by atoms with E-state index in [1.165, 1.54) is 18.7 Å². The summed E-state index contributed by atoms with van der Waals surface area (Å²) in [5.41, 5.74) is 3.23. The van der Waals surface area contributed by atoms with E-state index in [-0.39, 0.29) is 17.1 Å². The number of nitrogens with one attached hydrogen (secondary N) is 3. The topological polar surface area (TPSA) is 86.9 Å². The summed E-state index contributed by atoms with van der Waals surface area (Å²) in [6, 6.07) is 14.8. The number of hydrogen-bond donors (Lipinski definition) is 3. The Kier molecular flexibility index (Phi) is 5.58. The van der Waals surface area contributed by atoms with E-state index < -0.39 is 0 Å². The lowest BCUT2D eigenvalue weighted by Gasteiger charge is -2.13. The number of hydrogen-bond acceptors (Lipinski definition) is 4. The molecule has 0 aliphatic heterocycles. The van der Waals surface area contributed by atoms with E-state index >= 15 is 0 Å². The molecule has 134 valence electrons. The molecule has 0 saturated carbocycles. The van der Waals surface area contributed by atoms with Crippen molar-refractivity contribution in [2.75, 3.05) is 10.6 Å². The fourth-order valence-corrected chi connectivity index (χ4v) is 3.43. The maximum absolute atomic E-state index is 12.6. The molecule has 26 heavy (non-hydrogen) atoms. The van der Waals surface area contributed by atoms with Crippen molar-refractivity contribution in [3.63, 3.8) is 0 Å². The molecule has 7 heteroatoms. The van der Waals surface area contributed by atoms with Gasteiger partial charge >= 0.3 is 0 Å². The van der Waals surface area contributed by atoms with Crippen LogP contribution in [0.15, 0.2) is 53.7 Å². The van der Waals surface area contributed by atoms with Crippen molar-refractivity contribution in [3.8, 4) is 0 Å². The molecule has 1 atom stereocenters. The molecular formula is C19H20N4O2S. The van der Waals surface area contributed by atoms with E-state index in [1.807, 2.05) is 31.2 Å². The van der Waals surface area contributed by atoms with Crippen molar-refractivity contribution in [1.82, 2.24) is 9.97 Å². The molecule has 0 spiro atoms. The summed E-state index contributed by atoms with van der Waals surface area (Å²) < 4.78 is 0. The van der Waals surface area contributed by atoms with E-state index in [4.69, 9.17) is 0 Å². The number of carbonyl (C=O) groups is 2. The van der Waals surface area contributed by atoms with Gasteiger partial charge in [-0.3, -0.25) is 9.59 Å². The second-order valence-corrected chi connectivity index (χ2v) is 7.01. The zero-order valence-electron chi connectivity index (χ0n) is 14.6. The van der Waals surface area contributed by atoms with Crippen LogP contribution in [0.1, 0.15) is 20.3 Å². The predicted octanol–water partition coefficient (Wildman–Crippen LogP) is 4.03. The van der Waals surface area contributed by atoms with Crippen molar-refractivity contribution in [2.45, 2.75) is 30.7 Å². The molecule has 0 saturated heterocycles. The van der Waals surface area contributed by atoms with Crippen LogP contribution in [-0.4, -0.2) is 27.0 Å². The standard InChI is InChI=1S/C19H20N4O2S/c1-3-17(26-19-22-15-6-4-5-7-16(15)23-19)18(25)21-14-10-8-13(9-11-14)20-12(2)24/h4-11,17H,3H2,1-2H3,(H,20,24)(H,21,25)(H,22,23)/t17-/m1/s1. The number of amides is 2. The molecule has 0 aliphatic rings. The lowest BCUT2D eigenvalue weighted by Crippen LogP contribution is -2.24. The first-order chi connectivity index (χ1) is 12.5. The van der Waals surface area contributed by atoms with Gasteiger partial charge in [-0.15, -0.1) is 0 Å². The number of para-hydroxylation sites is 2. The SMILES string of the molecule is CC[C@@H](Sc1nc2ccccc2[nH]1)C(=O)Nc1ccc(NC(C)=O)cc1. The third kappa shape index (κ3) is 4.43. The Morgan fingerprint density at radius 2 is 1.73 bits per heavy atom. The molecular weight excluding hydrogens is 348 g/mol. The van der Waals surface area contributed by atoms with Crippen molar-refractivity contribution in [3.05, 3.63) is 48.5 Å². The second kappa shape index (κ2) is 8.05. The maximum atomic E-state index is 12.6. The number of aromatic amines is 1. The Morgan fingerprint density at radius 3 is 2.35 bits per heavy atom. The Balaban J connectivity index is 1.65. The maximum Gasteiger partial charge on any atom is 0.237 e. The summed E-state index contributed by atoms with van der Waals surface area (Å²) in [6.45, 7) is 3.43. The molecule has 0 radical (unpaired) electrons. The summed E-state index contributed by atoms with van der Waals surface area (Å²) in [4.78, 5) is 31.4. The molecule has 0 fully saturated rings. The number of rotatable bonds is 6. The van der Waals surface area contributed by atoms with Gasteiger partial charge in [0.2, 0.25) is 11.8 Å². The zero-order chi connectivity index (χ0) is 18.5. The zero-order valence-corrected chi connectivity index (χ0v) is 15.4. The first kappa shape index (κ1) is 18.0. The minimum atomic E-state index is -0.259. The first-order valence-electron chi connectivity index (χ1n) is 8.35. The van der Waals surface area contributed by atoms with Crippen LogP contribution in [0.3, 0.4) is 0 Å². The van der Waals surface area contributed by atoms with Crippen LogP contribution < -0.4 is 10.6 Å². The van der Waals surface area contributed by atoms with Crippen LogP contribution in [0.5, 0.6) is 0 Å². The third-order valence-electron chi connectivity index (χ3n) is 3.76. The number of benzene rings is 2. The Morgan fingerprint density at radius 1 is 1.08 bits per heavy atom. The number of imidazole rings is 1. The van der Waals surface area contributed by atoms with Gasteiger partial charge in [0.05, 0.1) is 16.3 Å². The van der Waals surface area contributed by atoms with Gasteiger partial charge in [-0.2, -0.15) is 0 Å². The smallest absolute Gasteiger partial charge is 0.237 e. The molecule has 3 rings (SSSR count). The van der Waals surface area contributed by atoms with Crippen LogP contribution >= 0.6 is 11.8 Å². The summed E-state index contributed by atoms with van der Waals surface area (Å²) in [6.07, 6.45) is 0.678. The molecule has 1 heterocycles. The van der Waals surface area contributed by atoms with Gasteiger partial charge in [-0.05, 0) is 42.8 Å². The summed E-state index contributed by atoms with van der Waals surface area (Å²) in [5, 5.41) is 6.08. The van der Waals surface area contributed by atoms with Crippen molar-refractivity contribution in [2.24, 2.45) is 0 Å². The fraction of sp³-hybridized carbons (Fsp3) is 0.211. The summed E-state index contributed by atoms with van der Waals surface area (Å²) >= 11 is 1.42. The highest BCUT2D eigenvalue weighted by Gasteiger charge is 2.20. The number of thioether (sulfide) groups is 1. The minimum Gasteiger partial charge on any atom is -0.333 e. The third-order valence-corrected chi connectivity index (χ3v) is 5.01. The van der Waals surface area contributed by atoms with Gasteiger partial charge in [0.25, 0.3) is 0 Å². The van der Waals surface area contributed by atoms with E-state index in [1.54, 1.807) is 24.3 Å². The number of aromatic nitrogens is 2. The van der Waals surface area contributed by atoms with Gasteiger partial charge in [-0.25, -0.2) is 4.98 Å². The van der Waals surface area contributed by atoms with E-state index in [0.29, 0.717) is 17.8 Å². The lowest BCUT2D eigenvalue weighted by atomic mass is 10.2. The molecule has 2 aromatic carbocycles. The van der Waals surface area contributed by atoms with Crippen LogP contribution in [-0.2, 0) is 9.59 Å². The van der Waals surface area contributed by atoms with Crippen molar-refractivity contribution in [1.29, 1.82) is 0 Å². The largest absolute Gasteiger partial charge is 0.333 e. The van der Waals surface area contributed by atoms with E-state index in [9.17, 15) is 9.59 Å². The fourth-order valence-electron chi connectivity index (χ4n) is 2.51. The Labute approximate surface area is 155 Å². The van der Waals surface area contributed by atoms with Gasteiger partial charge in [0, 0.05) is 18.3 Å². The molecule has 0 unspecified atom stereocenters. The molecule has 6 nitrogen and oxygen atoms in total. The predicted molar refractivity (Wildman–Crippen MR) is 105 cm³/mol. The molecule has 2 amide bonds. The normalized spacial score (nSPS) is 11.9. The summed E-state index contributed by atoms with van der Waals surface area (Å²) in [5.74, 6) is -0.208. The molecule has 3 aromatic rings. The highest BCUT2D eigenvalue weighted by atomic mass is 32.2. The van der Waals surface area contributed by atoms with Gasteiger partial charge in [-0.1, -0.05) is 30.8 Å². The Bertz CT molecular complexity index is 888. The van der Waals surface area contributed by atoms with E-state index in [0.717, 1.165) is 16.2 Å². The van der Waals surface area contributed by atoms with Crippen LogP contribution in [0.4, 0.5) is 11.4 Å². The molecule has 0 bridgehead atoms. The highest BCUT2D eigenvalue weighted by Crippen LogP contribution is 2.26. The average Bonchev–Trinajstić information content (AvgIpc) is 3.03. The number of H-pyrrole nitrogens is 1. The Hall–Kier alpha value is -2.80. The van der Waals surface area contributed by atoms with Gasteiger partial charge in [0.15, 0.2) is 5.16 Å². The lowest BCUT2D eigenvalue weighted by molar-refractivity contribution is -0.116. The number of carbonyl (C=O) groups excluding carboxylic acids is 2. The number of fused-ring (bicyclic) bond motifs is 1. The monoisotopic (exact) mass is 368 g/mol. The van der Waals surface area contributed by atoms with Gasteiger partial charge in [0.1, 0.15) is 0 Å². The van der Waals surface area contributed by atoms with Crippen LogP contribution in [0.25, 0.3) is 11.0 Å². The van der Waals surface area contributed by atoms with Crippen LogP contribution in [0, 0.1) is 0 Å². The average molecular weight is 368 g/mol. The minimum absolute atomic E-state index is 0.0785. The molecule has 0 aliphatic carbocycles. The number of nitrogens with zero attached hydrogens (tertiary/aromatic N) is 1. The second-order valence-electron chi connectivity index (χ2n) is 5.82. The molecule has 3 N–H and O–H groups in total. The summed E-state index contributed by atoms with van der Waals surface area (Å²) in [7, 11) is 0. The van der Waals surface area contributed by atoms with Crippen molar-refractivity contribution < 1.29 is 9.59 Å². The molecule has 1 aromatic heterocycles. The highest BCUT2D eigenvalue weighted by molar-refractivity contribution is 8.00. The van der Waals surface area contributed by atoms with Gasteiger partial charge < -0.3 is 15.6 Å². The number of anilines is 2. The van der Waals surface area contributed by atoms with Crippen LogP contribution in [0.2, 0.25) is 0 Å². The van der Waals surface area contributed by atoms with E-state index in [2.05, 4.69) is 20.6 Å². The first-order valence-corrected chi connectivity index (χ1v) is 9.23. The van der Waals surface area contributed by atoms with Crippen molar-refractivity contribution >= 4 is 46.0 Å². The quantitative estimate of drug-likeness (QED) is 0.573.